The molecule has 0 bridgehead atoms. The van der Waals surface area contributed by atoms with Crippen LogP contribution in [0.1, 0.15) is 17.5 Å². The van der Waals surface area contributed by atoms with Crippen LogP contribution in [0.15, 0.2) is 72.8 Å². The first kappa shape index (κ1) is 20.0. The van der Waals surface area contributed by atoms with Crippen molar-refractivity contribution in [2.45, 2.75) is 19.4 Å². The Bertz CT molecular complexity index is 1190. The van der Waals surface area contributed by atoms with Crippen LogP contribution >= 0.6 is 11.6 Å². The van der Waals surface area contributed by atoms with Gasteiger partial charge in [0.05, 0.1) is 5.52 Å². The van der Waals surface area contributed by atoms with Gasteiger partial charge < -0.3 is 5.32 Å². The molecule has 5 heteroatoms. The average Bonchev–Trinajstić information content (AvgIpc) is 2.82. The zero-order valence-electron chi connectivity index (χ0n) is 17.4. The highest BCUT2D eigenvalue weighted by atomic mass is 35.5. The second-order valence-electron chi connectivity index (χ2n) is 8.00. The number of aromatic nitrogens is 2. The Labute approximate surface area is 187 Å². The first-order valence-electron chi connectivity index (χ1n) is 10.8. The van der Waals surface area contributed by atoms with Crippen LogP contribution in [0.3, 0.4) is 0 Å². The molecule has 0 radical (unpaired) electrons. The van der Waals surface area contributed by atoms with Crippen LogP contribution in [0.5, 0.6) is 0 Å². The third-order valence-corrected chi connectivity index (χ3v) is 6.11. The Morgan fingerprint density at radius 3 is 2.52 bits per heavy atom. The van der Waals surface area contributed by atoms with E-state index in [1.54, 1.807) is 0 Å². The molecule has 0 atom stereocenters. The second kappa shape index (κ2) is 9.04. The maximum atomic E-state index is 6.04. The Morgan fingerprint density at radius 1 is 0.871 bits per heavy atom. The summed E-state index contributed by atoms with van der Waals surface area (Å²) in [7, 11) is 0. The highest BCUT2D eigenvalue weighted by Gasteiger charge is 2.15. The van der Waals surface area contributed by atoms with E-state index in [9.17, 15) is 0 Å². The van der Waals surface area contributed by atoms with E-state index in [0.717, 1.165) is 61.3 Å². The van der Waals surface area contributed by atoms with Crippen molar-refractivity contribution in [3.05, 3.63) is 88.9 Å². The Hall–Kier alpha value is -2.95. The van der Waals surface area contributed by atoms with Crippen molar-refractivity contribution in [2.75, 3.05) is 25.0 Å². The lowest BCUT2D eigenvalue weighted by Crippen LogP contribution is -2.32. The molecule has 3 aromatic carbocycles. The van der Waals surface area contributed by atoms with Crippen LogP contribution in [-0.4, -0.2) is 34.5 Å². The summed E-state index contributed by atoms with van der Waals surface area (Å²) in [5, 5.41) is 5.32. The normalized spacial score (nSPS) is 13.8. The summed E-state index contributed by atoms with van der Waals surface area (Å²) >= 11 is 6.04. The smallest absolute Gasteiger partial charge is 0.162 e. The monoisotopic (exact) mass is 428 g/mol. The number of hydrogen-bond donors (Lipinski definition) is 1. The number of hydrogen-bond acceptors (Lipinski definition) is 4. The Morgan fingerprint density at radius 2 is 1.65 bits per heavy atom. The van der Waals surface area contributed by atoms with Gasteiger partial charge in [0, 0.05) is 42.2 Å². The highest BCUT2D eigenvalue weighted by Crippen LogP contribution is 2.26. The van der Waals surface area contributed by atoms with Crippen LogP contribution in [0.2, 0.25) is 5.02 Å². The number of para-hydroxylation sites is 1. The molecule has 0 aliphatic carbocycles. The van der Waals surface area contributed by atoms with Crippen molar-refractivity contribution in [1.29, 1.82) is 0 Å². The maximum absolute atomic E-state index is 6.04. The topological polar surface area (TPSA) is 41.1 Å². The molecule has 1 aliphatic rings. The maximum Gasteiger partial charge on any atom is 0.162 e. The van der Waals surface area contributed by atoms with Gasteiger partial charge in [-0.3, -0.25) is 4.90 Å². The average molecular weight is 429 g/mol. The van der Waals surface area contributed by atoms with Gasteiger partial charge in [0.2, 0.25) is 0 Å². The standard InChI is InChI=1S/C26H25ClN4/c27-22-12-10-20(11-13-22)25-29-24-9-4-3-8-23(24)26(30-25)28-15-5-16-31-17-14-19-6-1-2-7-21(19)18-31/h1-4,6-13H,5,14-18H2,(H,28,29,30). The SMILES string of the molecule is Clc1ccc(-c2nc(NCCCN3CCc4ccccc4C3)c3ccccc3n2)cc1. The summed E-state index contributed by atoms with van der Waals surface area (Å²) in [6, 6.07) is 24.6. The molecule has 0 amide bonds. The molecule has 0 saturated carbocycles. The number of fused-ring (bicyclic) bond motifs is 2. The summed E-state index contributed by atoms with van der Waals surface area (Å²) in [6.07, 6.45) is 2.21. The number of anilines is 1. The van der Waals surface area contributed by atoms with Crippen molar-refractivity contribution in [3.63, 3.8) is 0 Å². The summed E-state index contributed by atoms with van der Waals surface area (Å²) in [6.45, 7) is 4.13. The molecule has 31 heavy (non-hydrogen) atoms. The fraction of sp³-hybridized carbons (Fsp3) is 0.231. The van der Waals surface area contributed by atoms with Gasteiger partial charge >= 0.3 is 0 Å². The first-order chi connectivity index (χ1) is 15.3. The van der Waals surface area contributed by atoms with Crippen LogP contribution in [0.4, 0.5) is 5.82 Å². The van der Waals surface area contributed by atoms with E-state index in [2.05, 4.69) is 40.5 Å². The third kappa shape index (κ3) is 4.55. The highest BCUT2D eigenvalue weighted by molar-refractivity contribution is 6.30. The molecule has 156 valence electrons. The largest absolute Gasteiger partial charge is 0.369 e. The van der Waals surface area contributed by atoms with Gasteiger partial charge in [0.15, 0.2) is 5.82 Å². The minimum absolute atomic E-state index is 0.711. The second-order valence-corrected chi connectivity index (χ2v) is 8.43. The summed E-state index contributed by atoms with van der Waals surface area (Å²) in [5.41, 5.74) is 4.87. The van der Waals surface area contributed by atoms with Crippen LogP contribution in [-0.2, 0) is 13.0 Å². The van der Waals surface area contributed by atoms with E-state index >= 15 is 0 Å². The summed E-state index contributed by atoms with van der Waals surface area (Å²) in [5.74, 6) is 1.60. The molecule has 1 aliphatic heterocycles. The van der Waals surface area contributed by atoms with E-state index in [1.165, 1.54) is 11.1 Å². The van der Waals surface area contributed by atoms with E-state index in [4.69, 9.17) is 21.6 Å². The third-order valence-electron chi connectivity index (χ3n) is 5.86. The summed E-state index contributed by atoms with van der Waals surface area (Å²) in [4.78, 5) is 12.1. The fourth-order valence-corrected chi connectivity index (χ4v) is 4.32. The van der Waals surface area contributed by atoms with E-state index in [-0.39, 0.29) is 0 Å². The van der Waals surface area contributed by atoms with Crippen molar-refractivity contribution in [1.82, 2.24) is 14.9 Å². The van der Waals surface area contributed by atoms with Crippen molar-refractivity contribution < 1.29 is 0 Å². The molecule has 5 rings (SSSR count). The van der Waals surface area contributed by atoms with Gasteiger partial charge in [0.1, 0.15) is 5.82 Å². The number of nitrogens with zero attached hydrogens (tertiary/aromatic N) is 3. The fourth-order valence-electron chi connectivity index (χ4n) is 4.19. The first-order valence-corrected chi connectivity index (χ1v) is 11.2. The van der Waals surface area contributed by atoms with Gasteiger partial charge in [0.25, 0.3) is 0 Å². The quantitative estimate of drug-likeness (QED) is 0.393. The van der Waals surface area contributed by atoms with E-state index < -0.39 is 0 Å². The molecule has 4 nitrogen and oxygen atoms in total. The van der Waals surface area contributed by atoms with Crippen LogP contribution in [0.25, 0.3) is 22.3 Å². The van der Waals surface area contributed by atoms with Crippen molar-refractivity contribution >= 4 is 28.3 Å². The van der Waals surface area contributed by atoms with Crippen molar-refractivity contribution in [2.24, 2.45) is 0 Å². The molecule has 0 saturated heterocycles. The lowest BCUT2D eigenvalue weighted by atomic mass is 10.00. The molecule has 0 fully saturated rings. The molecule has 4 aromatic rings. The van der Waals surface area contributed by atoms with Gasteiger partial charge in [-0.1, -0.05) is 48.0 Å². The predicted molar refractivity (Wildman–Crippen MR) is 129 cm³/mol. The number of rotatable bonds is 6. The van der Waals surface area contributed by atoms with Crippen molar-refractivity contribution in [3.8, 4) is 11.4 Å². The number of nitrogens with one attached hydrogen (secondary N) is 1. The Balaban J connectivity index is 1.27. The predicted octanol–water partition coefficient (Wildman–Crippen LogP) is 5.81. The Kier molecular flexibility index (Phi) is 5.83. The molecule has 2 heterocycles. The number of halogens is 1. The number of benzene rings is 3. The zero-order valence-corrected chi connectivity index (χ0v) is 18.1. The minimum atomic E-state index is 0.711. The molecular weight excluding hydrogens is 404 g/mol. The molecule has 0 spiro atoms. The lowest BCUT2D eigenvalue weighted by molar-refractivity contribution is 0.253. The lowest BCUT2D eigenvalue weighted by Gasteiger charge is -2.28. The minimum Gasteiger partial charge on any atom is -0.369 e. The molecular formula is C26H25ClN4. The molecule has 1 aromatic heterocycles. The summed E-state index contributed by atoms with van der Waals surface area (Å²) < 4.78 is 0. The molecule has 0 unspecified atom stereocenters. The zero-order chi connectivity index (χ0) is 21.0. The van der Waals surface area contributed by atoms with Crippen LogP contribution < -0.4 is 5.32 Å². The van der Waals surface area contributed by atoms with Crippen LogP contribution in [0, 0.1) is 0 Å². The van der Waals surface area contributed by atoms with E-state index in [1.807, 2.05) is 42.5 Å². The van der Waals surface area contributed by atoms with Gasteiger partial charge in [-0.15, -0.1) is 0 Å². The van der Waals surface area contributed by atoms with Gasteiger partial charge in [-0.2, -0.15) is 0 Å². The van der Waals surface area contributed by atoms with E-state index in [0.29, 0.717) is 10.8 Å². The van der Waals surface area contributed by atoms with Gasteiger partial charge in [-0.25, -0.2) is 9.97 Å². The molecule has 1 N–H and O–H groups in total. The van der Waals surface area contributed by atoms with Gasteiger partial charge in [-0.05, 0) is 60.4 Å².